The van der Waals surface area contributed by atoms with Crippen LogP contribution in [0.1, 0.15) is 0 Å². The minimum absolute atomic E-state index is 0.196. The number of halogens is 2. The van der Waals surface area contributed by atoms with Gasteiger partial charge in [-0.1, -0.05) is 0 Å². The zero-order valence-corrected chi connectivity index (χ0v) is 7.46. The van der Waals surface area contributed by atoms with Crippen LogP contribution >= 0.6 is 0 Å². The fourth-order valence-corrected chi connectivity index (χ4v) is 0.977. The Bertz CT molecular complexity index is 114. The van der Waals surface area contributed by atoms with E-state index >= 15 is 0 Å². The summed E-state index contributed by atoms with van der Waals surface area (Å²) >= 11 is 0. The largest absolute Gasteiger partial charge is 0.383 e. The molecule has 1 atom stereocenters. The summed E-state index contributed by atoms with van der Waals surface area (Å²) in [6.07, 6.45) is -2.30. The van der Waals surface area contributed by atoms with Crippen LogP contribution in [0.3, 0.4) is 0 Å². The smallest absolute Gasteiger partial charge is 0.251 e. The minimum Gasteiger partial charge on any atom is -0.383 e. The second kappa shape index (κ2) is 6.28. The van der Waals surface area contributed by atoms with Crippen molar-refractivity contribution < 1.29 is 13.5 Å². The Morgan fingerprint density at radius 2 is 2.00 bits per heavy atom. The average Bonchev–Trinajstić information content (AvgIpc) is 1.84. The molecule has 0 amide bonds. The van der Waals surface area contributed by atoms with E-state index in [0.29, 0.717) is 13.2 Å². The number of likely N-dealkylation sites (N-methyl/N-ethyl adjacent to an activating group) is 1. The van der Waals surface area contributed by atoms with Gasteiger partial charge in [-0.05, 0) is 7.05 Å². The van der Waals surface area contributed by atoms with Crippen LogP contribution in [0.25, 0.3) is 0 Å². The molecule has 0 aliphatic heterocycles. The Morgan fingerprint density at radius 3 is 2.42 bits per heavy atom. The molecule has 2 N–H and O–H groups in total. The second-order valence-corrected chi connectivity index (χ2v) is 2.83. The SMILES string of the molecule is COCC(N)CN(C)CC(F)F. The van der Waals surface area contributed by atoms with Crippen molar-refractivity contribution in [3.8, 4) is 0 Å². The minimum atomic E-state index is -2.30. The summed E-state index contributed by atoms with van der Waals surface area (Å²) in [5.41, 5.74) is 5.55. The number of ether oxygens (including phenoxy) is 1. The van der Waals surface area contributed by atoms with Crippen LogP contribution in [0.4, 0.5) is 8.78 Å². The van der Waals surface area contributed by atoms with Crippen molar-refractivity contribution in [3.05, 3.63) is 0 Å². The molecule has 0 heterocycles. The molecule has 0 aliphatic carbocycles. The molecule has 3 nitrogen and oxygen atoms in total. The van der Waals surface area contributed by atoms with Crippen LogP contribution in [0.15, 0.2) is 0 Å². The highest BCUT2D eigenvalue weighted by molar-refractivity contribution is 4.65. The Balaban J connectivity index is 3.46. The van der Waals surface area contributed by atoms with Crippen molar-refractivity contribution in [3.63, 3.8) is 0 Å². The van der Waals surface area contributed by atoms with Crippen molar-refractivity contribution in [2.75, 3.05) is 33.9 Å². The number of rotatable bonds is 6. The fourth-order valence-electron chi connectivity index (χ4n) is 0.977. The van der Waals surface area contributed by atoms with E-state index in [4.69, 9.17) is 10.5 Å². The monoisotopic (exact) mass is 182 g/mol. The van der Waals surface area contributed by atoms with E-state index in [1.54, 1.807) is 7.05 Å². The molecule has 0 aromatic rings. The molecule has 1 unspecified atom stereocenters. The van der Waals surface area contributed by atoms with E-state index in [1.807, 2.05) is 0 Å². The van der Waals surface area contributed by atoms with Gasteiger partial charge in [-0.15, -0.1) is 0 Å². The van der Waals surface area contributed by atoms with Crippen molar-refractivity contribution in [1.82, 2.24) is 4.90 Å². The number of hydrogen-bond acceptors (Lipinski definition) is 3. The Hall–Kier alpha value is -0.260. The van der Waals surface area contributed by atoms with Gasteiger partial charge in [0, 0.05) is 19.7 Å². The van der Waals surface area contributed by atoms with Gasteiger partial charge in [0.05, 0.1) is 13.2 Å². The molecule has 0 radical (unpaired) electrons. The summed E-state index contributed by atoms with van der Waals surface area (Å²) in [6.45, 7) is 0.586. The lowest BCUT2D eigenvalue weighted by Crippen LogP contribution is -2.40. The van der Waals surface area contributed by atoms with Gasteiger partial charge in [0.1, 0.15) is 0 Å². The van der Waals surface area contributed by atoms with Gasteiger partial charge in [0.25, 0.3) is 6.43 Å². The third-order valence-corrected chi connectivity index (χ3v) is 1.38. The molecule has 0 rings (SSSR count). The maximum Gasteiger partial charge on any atom is 0.251 e. The van der Waals surface area contributed by atoms with Gasteiger partial charge in [-0.2, -0.15) is 0 Å². The van der Waals surface area contributed by atoms with Gasteiger partial charge in [0.2, 0.25) is 0 Å². The lowest BCUT2D eigenvalue weighted by Gasteiger charge is -2.19. The molecule has 0 saturated heterocycles. The van der Waals surface area contributed by atoms with Crippen molar-refractivity contribution in [1.29, 1.82) is 0 Å². The predicted octanol–water partition coefficient (Wildman–Crippen LogP) is 0.157. The molecule has 0 aromatic carbocycles. The highest BCUT2D eigenvalue weighted by atomic mass is 19.3. The van der Waals surface area contributed by atoms with Crippen LogP contribution in [0, 0.1) is 0 Å². The van der Waals surface area contributed by atoms with E-state index in [0.717, 1.165) is 0 Å². The normalized spacial score (nSPS) is 14.2. The summed E-state index contributed by atoms with van der Waals surface area (Å²) in [5.74, 6) is 0. The maximum absolute atomic E-state index is 11.8. The summed E-state index contributed by atoms with van der Waals surface area (Å²) in [5, 5.41) is 0. The maximum atomic E-state index is 11.8. The van der Waals surface area contributed by atoms with Gasteiger partial charge in [-0.3, -0.25) is 4.90 Å². The van der Waals surface area contributed by atoms with Crippen LogP contribution in [0.2, 0.25) is 0 Å². The highest BCUT2D eigenvalue weighted by Gasteiger charge is 2.10. The molecule has 0 spiro atoms. The van der Waals surface area contributed by atoms with Crippen LogP contribution < -0.4 is 5.73 Å². The van der Waals surface area contributed by atoms with E-state index in [9.17, 15) is 8.78 Å². The Morgan fingerprint density at radius 1 is 1.42 bits per heavy atom. The third-order valence-electron chi connectivity index (χ3n) is 1.38. The molecule has 12 heavy (non-hydrogen) atoms. The molecular weight excluding hydrogens is 166 g/mol. The van der Waals surface area contributed by atoms with Crippen molar-refractivity contribution in [2.24, 2.45) is 5.73 Å². The molecule has 0 fully saturated rings. The number of methoxy groups -OCH3 is 1. The van der Waals surface area contributed by atoms with Gasteiger partial charge >= 0.3 is 0 Å². The predicted molar refractivity (Wildman–Crippen MR) is 43.4 cm³/mol. The Labute approximate surface area is 71.5 Å². The number of nitrogens with zero attached hydrogens (tertiary/aromatic N) is 1. The average molecular weight is 182 g/mol. The first-order valence-corrected chi connectivity index (χ1v) is 3.77. The quantitative estimate of drug-likeness (QED) is 0.635. The number of hydrogen-bond donors (Lipinski definition) is 1. The highest BCUT2D eigenvalue weighted by Crippen LogP contribution is 1.96. The fraction of sp³-hybridized carbons (Fsp3) is 1.00. The van der Waals surface area contributed by atoms with Crippen LogP contribution in [-0.4, -0.2) is 51.2 Å². The van der Waals surface area contributed by atoms with Crippen LogP contribution in [-0.2, 0) is 4.74 Å². The summed E-state index contributed by atoms with van der Waals surface area (Å²) in [7, 11) is 3.15. The summed E-state index contributed by atoms with van der Waals surface area (Å²) in [4.78, 5) is 1.49. The van der Waals surface area contributed by atoms with E-state index in [2.05, 4.69) is 0 Å². The molecule has 0 bridgehead atoms. The summed E-state index contributed by atoms with van der Waals surface area (Å²) in [6, 6.07) is -0.196. The zero-order valence-electron chi connectivity index (χ0n) is 7.46. The Kier molecular flexibility index (Phi) is 6.14. The van der Waals surface area contributed by atoms with Crippen molar-refractivity contribution in [2.45, 2.75) is 12.5 Å². The van der Waals surface area contributed by atoms with E-state index < -0.39 is 6.43 Å². The first-order valence-electron chi connectivity index (χ1n) is 3.77. The standard InChI is InChI=1S/C7H16F2N2O/c1-11(4-7(8)9)3-6(10)5-12-2/h6-7H,3-5,10H2,1-2H3. The van der Waals surface area contributed by atoms with Crippen molar-refractivity contribution >= 4 is 0 Å². The second-order valence-electron chi connectivity index (χ2n) is 2.83. The molecule has 0 saturated carbocycles. The lowest BCUT2D eigenvalue weighted by molar-refractivity contribution is 0.0896. The molecule has 0 aliphatic rings. The number of nitrogens with two attached hydrogens (primary N) is 1. The van der Waals surface area contributed by atoms with E-state index in [-0.39, 0.29) is 12.6 Å². The molecule has 5 heteroatoms. The van der Waals surface area contributed by atoms with Crippen LogP contribution in [0.5, 0.6) is 0 Å². The lowest BCUT2D eigenvalue weighted by atomic mass is 10.3. The van der Waals surface area contributed by atoms with Gasteiger partial charge in [0.15, 0.2) is 0 Å². The van der Waals surface area contributed by atoms with Gasteiger partial charge < -0.3 is 10.5 Å². The number of alkyl halides is 2. The first-order chi connectivity index (χ1) is 5.56. The molecular formula is C7H16F2N2O. The zero-order chi connectivity index (χ0) is 9.56. The third kappa shape index (κ3) is 6.45. The topological polar surface area (TPSA) is 38.5 Å². The van der Waals surface area contributed by atoms with Gasteiger partial charge in [-0.25, -0.2) is 8.78 Å². The summed E-state index contributed by atoms with van der Waals surface area (Å²) < 4.78 is 28.4. The molecule has 74 valence electrons. The van der Waals surface area contributed by atoms with E-state index in [1.165, 1.54) is 12.0 Å². The molecule has 0 aromatic heterocycles. The first kappa shape index (κ1) is 11.7.